The Balaban J connectivity index is 2.11. The number of carbonyl (C=O) groups is 1. The number of nitrogens with two attached hydrogens (primary N) is 1. The number of hydrogen-bond donors (Lipinski definition) is 1. The smallest absolute Gasteiger partial charge is 0.340 e. The predicted molar refractivity (Wildman–Crippen MR) is 77.8 cm³/mol. The normalized spacial score (nSPS) is 16.9. The van der Waals surface area contributed by atoms with Crippen LogP contribution in [-0.2, 0) is 4.74 Å². The molecule has 1 aliphatic carbocycles. The van der Waals surface area contributed by atoms with Crippen molar-refractivity contribution in [2.24, 2.45) is 0 Å². The second kappa shape index (κ2) is 6.49. The summed E-state index contributed by atoms with van der Waals surface area (Å²) in [5.74, 6) is -0.439. The maximum atomic E-state index is 12.1. The average Bonchev–Trinajstić information content (AvgIpc) is 2.62. The van der Waals surface area contributed by atoms with Gasteiger partial charge in [0.2, 0.25) is 0 Å². The van der Waals surface area contributed by atoms with Gasteiger partial charge in [0.1, 0.15) is 6.10 Å². The van der Waals surface area contributed by atoms with Crippen LogP contribution in [0.1, 0.15) is 48.9 Å². The van der Waals surface area contributed by atoms with Gasteiger partial charge in [0.15, 0.2) is 0 Å². The summed E-state index contributed by atoms with van der Waals surface area (Å²) in [4.78, 5) is 12.1. The fourth-order valence-electron chi connectivity index (χ4n) is 2.33. The number of esters is 1. The first-order valence-electron chi connectivity index (χ1n) is 6.53. The van der Waals surface area contributed by atoms with Crippen molar-refractivity contribution in [3.63, 3.8) is 0 Å². The molecule has 0 unspecified atom stereocenters. The third-order valence-corrected chi connectivity index (χ3v) is 4.15. The Hall–Kier alpha value is -0.930. The number of benzene rings is 1. The molecule has 104 valence electrons. The molecule has 1 aromatic rings. The number of hydrogen-bond acceptors (Lipinski definition) is 3. The quantitative estimate of drug-likeness (QED) is 0.498. The highest BCUT2D eigenvalue weighted by Crippen LogP contribution is 2.30. The first-order chi connectivity index (χ1) is 9.08. The summed E-state index contributed by atoms with van der Waals surface area (Å²) in [5, 5.41) is 0.476. The topological polar surface area (TPSA) is 52.3 Å². The summed E-state index contributed by atoms with van der Waals surface area (Å²) in [6.07, 6.45) is 6.43. The van der Waals surface area contributed by atoms with E-state index in [1.54, 1.807) is 0 Å². The zero-order chi connectivity index (χ0) is 13.8. The summed E-state index contributed by atoms with van der Waals surface area (Å²) >= 11 is 11.9. The van der Waals surface area contributed by atoms with Crippen LogP contribution < -0.4 is 5.73 Å². The van der Waals surface area contributed by atoms with Crippen molar-refractivity contribution < 1.29 is 9.53 Å². The van der Waals surface area contributed by atoms with Crippen LogP contribution in [0.25, 0.3) is 0 Å². The summed E-state index contributed by atoms with van der Waals surface area (Å²) in [6, 6.07) is 3.03. The largest absolute Gasteiger partial charge is 0.459 e. The van der Waals surface area contributed by atoms with E-state index in [1.165, 1.54) is 25.0 Å². The highest BCUT2D eigenvalue weighted by molar-refractivity contribution is 6.44. The third kappa shape index (κ3) is 3.77. The Kier molecular flexibility index (Phi) is 4.94. The first-order valence-corrected chi connectivity index (χ1v) is 7.29. The molecule has 2 N–H and O–H groups in total. The Morgan fingerprint density at radius 3 is 2.42 bits per heavy atom. The van der Waals surface area contributed by atoms with Crippen molar-refractivity contribution in [3.05, 3.63) is 27.7 Å². The molecular formula is C14H17Cl2NO2. The second-order valence-corrected chi connectivity index (χ2v) is 5.67. The molecule has 3 nitrogen and oxygen atoms in total. The number of nitrogen functional groups attached to an aromatic ring is 1. The second-order valence-electron chi connectivity index (χ2n) is 4.88. The molecule has 0 heterocycles. The molecule has 2 rings (SSSR count). The van der Waals surface area contributed by atoms with Gasteiger partial charge in [0.05, 0.1) is 15.6 Å². The molecule has 0 bridgehead atoms. The van der Waals surface area contributed by atoms with Crippen LogP contribution >= 0.6 is 23.2 Å². The minimum absolute atomic E-state index is 0.0220. The Bertz CT molecular complexity index is 469. The van der Waals surface area contributed by atoms with E-state index < -0.39 is 5.97 Å². The van der Waals surface area contributed by atoms with Crippen molar-refractivity contribution >= 4 is 34.9 Å². The van der Waals surface area contributed by atoms with E-state index in [2.05, 4.69) is 0 Å². The Labute approximate surface area is 123 Å². The lowest BCUT2D eigenvalue weighted by Crippen LogP contribution is -2.18. The van der Waals surface area contributed by atoms with Crippen molar-refractivity contribution in [3.8, 4) is 0 Å². The number of halogens is 2. The fourth-order valence-corrected chi connectivity index (χ4v) is 2.75. The summed E-state index contributed by atoms with van der Waals surface area (Å²) < 4.78 is 5.51. The van der Waals surface area contributed by atoms with Crippen LogP contribution in [0, 0.1) is 0 Å². The fraction of sp³-hybridized carbons (Fsp3) is 0.500. The number of ether oxygens (including phenoxy) is 1. The van der Waals surface area contributed by atoms with E-state index in [9.17, 15) is 4.79 Å². The van der Waals surface area contributed by atoms with E-state index in [-0.39, 0.29) is 21.7 Å². The van der Waals surface area contributed by atoms with Crippen LogP contribution in [0.4, 0.5) is 5.69 Å². The van der Waals surface area contributed by atoms with Gasteiger partial charge in [-0.25, -0.2) is 4.79 Å². The van der Waals surface area contributed by atoms with Crippen LogP contribution in [0.3, 0.4) is 0 Å². The zero-order valence-corrected chi connectivity index (χ0v) is 12.1. The lowest BCUT2D eigenvalue weighted by molar-refractivity contribution is 0.0267. The molecule has 0 spiro atoms. The summed E-state index contributed by atoms with van der Waals surface area (Å²) in [5.41, 5.74) is 6.32. The van der Waals surface area contributed by atoms with Crippen molar-refractivity contribution in [2.45, 2.75) is 44.6 Å². The zero-order valence-electron chi connectivity index (χ0n) is 10.6. The molecule has 5 heteroatoms. The van der Waals surface area contributed by atoms with E-state index in [0.717, 1.165) is 25.7 Å². The van der Waals surface area contributed by atoms with E-state index >= 15 is 0 Å². The maximum absolute atomic E-state index is 12.1. The molecule has 0 radical (unpaired) electrons. The van der Waals surface area contributed by atoms with Gasteiger partial charge in [-0.15, -0.1) is 0 Å². The highest BCUT2D eigenvalue weighted by atomic mass is 35.5. The number of rotatable bonds is 2. The summed E-state index contributed by atoms with van der Waals surface area (Å²) in [6.45, 7) is 0. The van der Waals surface area contributed by atoms with Gasteiger partial charge in [0.25, 0.3) is 0 Å². The molecule has 0 aromatic heterocycles. The Morgan fingerprint density at radius 1 is 1.16 bits per heavy atom. The SMILES string of the molecule is Nc1cc(Cl)c(Cl)c(C(=O)OC2CCCCCC2)c1. The van der Waals surface area contributed by atoms with Crippen molar-refractivity contribution in [2.75, 3.05) is 5.73 Å². The summed E-state index contributed by atoms with van der Waals surface area (Å²) in [7, 11) is 0. The molecule has 0 saturated heterocycles. The molecule has 1 aliphatic rings. The van der Waals surface area contributed by atoms with E-state index in [4.69, 9.17) is 33.7 Å². The molecule has 1 aromatic carbocycles. The minimum Gasteiger partial charge on any atom is -0.459 e. The van der Waals surface area contributed by atoms with Gasteiger partial charge in [-0.1, -0.05) is 36.0 Å². The van der Waals surface area contributed by atoms with Crippen LogP contribution in [0.2, 0.25) is 10.0 Å². The molecular weight excluding hydrogens is 285 g/mol. The molecule has 1 fully saturated rings. The van der Waals surface area contributed by atoms with Crippen molar-refractivity contribution in [1.82, 2.24) is 0 Å². The van der Waals surface area contributed by atoms with Crippen LogP contribution in [0.5, 0.6) is 0 Å². The van der Waals surface area contributed by atoms with Gasteiger partial charge in [-0.2, -0.15) is 0 Å². The number of carbonyl (C=O) groups excluding carboxylic acids is 1. The predicted octanol–water partition coefficient (Wildman–Crippen LogP) is 4.46. The molecule has 0 atom stereocenters. The first kappa shape index (κ1) is 14.5. The maximum Gasteiger partial charge on any atom is 0.340 e. The van der Waals surface area contributed by atoms with Gasteiger partial charge < -0.3 is 10.5 Å². The van der Waals surface area contributed by atoms with E-state index in [1.807, 2.05) is 0 Å². The molecule has 0 aliphatic heterocycles. The Morgan fingerprint density at radius 2 is 1.79 bits per heavy atom. The number of anilines is 1. The van der Waals surface area contributed by atoms with Gasteiger partial charge in [-0.05, 0) is 37.8 Å². The van der Waals surface area contributed by atoms with E-state index in [0.29, 0.717) is 5.69 Å². The van der Waals surface area contributed by atoms with Crippen LogP contribution in [-0.4, -0.2) is 12.1 Å². The minimum atomic E-state index is -0.439. The molecule has 1 saturated carbocycles. The highest BCUT2D eigenvalue weighted by Gasteiger charge is 2.21. The van der Waals surface area contributed by atoms with Crippen molar-refractivity contribution in [1.29, 1.82) is 0 Å². The molecule has 0 amide bonds. The molecule has 19 heavy (non-hydrogen) atoms. The van der Waals surface area contributed by atoms with Gasteiger partial charge in [0, 0.05) is 5.69 Å². The average molecular weight is 302 g/mol. The van der Waals surface area contributed by atoms with Gasteiger partial charge >= 0.3 is 5.97 Å². The monoisotopic (exact) mass is 301 g/mol. The third-order valence-electron chi connectivity index (χ3n) is 3.35. The van der Waals surface area contributed by atoms with Crippen LogP contribution in [0.15, 0.2) is 12.1 Å². The van der Waals surface area contributed by atoms with Gasteiger partial charge in [-0.3, -0.25) is 0 Å². The lowest BCUT2D eigenvalue weighted by Gasteiger charge is -2.16. The standard InChI is InChI=1S/C14H17Cl2NO2/c15-12-8-9(17)7-11(13(12)16)14(18)19-10-5-3-1-2-4-6-10/h7-8,10H,1-6,17H2. The lowest BCUT2D eigenvalue weighted by atomic mass is 10.1.